The van der Waals surface area contributed by atoms with Crippen molar-refractivity contribution in [3.8, 4) is 0 Å². The van der Waals surface area contributed by atoms with Crippen molar-refractivity contribution in [2.75, 3.05) is 61.0 Å². The highest BCUT2D eigenvalue weighted by molar-refractivity contribution is 5.05. The van der Waals surface area contributed by atoms with E-state index >= 15 is 0 Å². The summed E-state index contributed by atoms with van der Waals surface area (Å²) in [5.41, 5.74) is 1.16. The minimum absolute atomic E-state index is 0.485. The molecule has 1 rings (SSSR count). The SMILES string of the molecule is CCC(Cc1ccccn1)NCN(C)CCN(C)CCN(C)C. The second-order valence-electron chi connectivity index (χ2n) is 6.68. The zero-order valence-corrected chi connectivity index (χ0v) is 15.6. The molecule has 0 radical (unpaired) electrons. The second-order valence-corrected chi connectivity index (χ2v) is 6.68. The Morgan fingerprint density at radius 1 is 1.00 bits per heavy atom. The summed E-state index contributed by atoms with van der Waals surface area (Å²) in [7, 11) is 8.62. The summed E-state index contributed by atoms with van der Waals surface area (Å²) in [6.45, 7) is 7.56. The maximum absolute atomic E-state index is 4.42. The van der Waals surface area contributed by atoms with Gasteiger partial charge in [-0.1, -0.05) is 13.0 Å². The highest BCUT2D eigenvalue weighted by Gasteiger charge is 2.09. The summed E-state index contributed by atoms with van der Waals surface area (Å²) in [5.74, 6) is 0. The predicted octanol–water partition coefficient (Wildman–Crippen LogP) is 1.38. The summed E-state index contributed by atoms with van der Waals surface area (Å²) in [6, 6.07) is 6.62. The van der Waals surface area contributed by atoms with Gasteiger partial charge in [0.15, 0.2) is 0 Å². The Balaban J connectivity index is 2.21. The normalized spacial score (nSPS) is 13.2. The van der Waals surface area contributed by atoms with Crippen molar-refractivity contribution in [3.05, 3.63) is 30.1 Å². The molecule has 1 aromatic heterocycles. The minimum Gasteiger partial charge on any atom is -0.308 e. The molecule has 1 unspecified atom stereocenters. The van der Waals surface area contributed by atoms with Gasteiger partial charge in [0.1, 0.15) is 0 Å². The molecule has 0 saturated heterocycles. The first kappa shape index (κ1) is 20.0. The number of nitrogens with one attached hydrogen (secondary N) is 1. The molecule has 1 heterocycles. The van der Waals surface area contributed by atoms with Crippen LogP contribution in [0.3, 0.4) is 0 Å². The fraction of sp³-hybridized carbons (Fsp3) is 0.722. The monoisotopic (exact) mass is 321 g/mol. The summed E-state index contributed by atoms with van der Waals surface area (Å²) in [6.07, 6.45) is 3.98. The van der Waals surface area contributed by atoms with Crippen LogP contribution in [0.25, 0.3) is 0 Å². The van der Waals surface area contributed by atoms with E-state index in [-0.39, 0.29) is 0 Å². The average molecular weight is 322 g/mol. The Morgan fingerprint density at radius 3 is 2.30 bits per heavy atom. The molecule has 1 atom stereocenters. The molecule has 0 aliphatic heterocycles. The van der Waals surface area contributed by atoms with Crippen molar-refractivity contribution in [2.24, 2.45) is 0 Å². The van der Waals surface area contributed by atoms with Crippen LogP contribution in [0.1, 0.15) is 19.0 Å². The summed E-state index contributed by atoms with van der Waals surface area (Å²) >= 11 is 0. The molecule has 0 fully saturated rings. The van der Waals surface area contributed by atoms with E-state index in [9.17, 15) is 0 Å². The first-order valence-electron chi connectivity index (χ1n) is 8.66. The average Bonchev–Trinajstić information content (AvgIpc) is 2.55. The van der Waals surface area contributed by atoms with Crippen LogP contribution < -0.4 is 5.32 Å². The van der Waals surface area contributed by atoms with Gasteiger partial charge in [-0.2, -0.15) is 0 Å². The van der Waals surface area contributed by atoms with E-state index in [4.69, 9.17) is 0 Å². The van der Waals surface area contributed by atoms with E-state index in [1.165, 1.54) is 0 Å². The van der Waals surface area contributed by atoms with E-state index in [1.54, 1.807) is 0 Å². The Labute approximate surface area is 142 Å². The zero-order chi connectivity index (χ0) is 17.1. The van der Waals surface area contributed by atoms with Crippen LogP contribution >= 0.6 is 0 Å². The van der Waals surface area contributed by atoms with Gasteiger partial charge in [-0.3, -0.25) is 9.88 Å². The first-order chi connectivity index (χ1) is 11.0. The van der Waals surface area contributed by atoms with E-state index < -0.39 is 0 Å². The maximum atomic E-state index is 4.42. The standard InChI is InChI=1S/C18H35N5/c1-6-17(15-18-9-7-8-10-19-18)20-16-23(5)14-13-22(4)12-11-21(2)3/h7-10,17,20H,6,11-16H2,1-5H3. The number of pyridine rings is 1. The molecule has 0 aliphatic carbocycles. The lowest BCUT2D eigenvalue weighted by molar-refractivity contribution is 0.222. The molecular formula is C18H35N5. The van der Waals surface area contributed by atoms with Gasteiger partial charge >= 0.3 is 0 Å². The van der Waals surface area contributed by atoms with Gasteiger partial charge in [0.2, 0.25) is 0 Å². The molecule has 5 heteroatoms. The Kier molecular flexibility index (Phi) is 10.0. The van der Waals surface area contributed by atoms with Crippen molar-refractivity contribution in [1.82, 2.24) is 25.0 Å². The highest BCUT2D eigenvalue weighted by atomic mass is 15.2. The molecule has 0 amide bonds. The molecule has 0 saturated carbocycles. The molecule has 0 aliphatic rings. The van der Waals surface area contributed by atoms with Crippen molar-refractivity contribution in [3.63, 3.8) is 0 Å². The van der Waals surface area contributed by atoms with Crippen molar-refractivity contribution in [1.29, 1.82) is 0 Å². The number of likely N-dealkylation sites (N-methyl/N-ethyl adjacent to an activating group) is 3. The van der Waals surface area contributed by atoms with E-state index in [0.29, 0.717) is 6.04 Å². The fourth-order valence-corrected chi connectivity index (χ4v) is 2.32. The summed E-state index contributed by atoms with van der Waals surface area (Å²) < 4.78 is 0. The third kappa shape index (κ3) is 9.66. The molecular weight excluding hydrogens is 286 g/mol. The fourth-order valence-electron chi connectivity index (χ4n) is 2.32. The summed E-state index contributed by atoms with van der Waals surface area (Å²) in [5, 5.41) is 3.65. The summed E-state index contributed by atoms with van der Waals surface area (Å²) in [4.78, 5) is 11.4. The van der Waals surface area contributed by atoms with Gasteiger partial charge < -0.3 is 15.1 Å². The van der Waals surface area contributed by atoms with Gasteiger partial charge in [-0.15, -0.1) is 0 Å². The Hall–Kier alpha value is -1.01. The molecule has 132 valence electrons. The number of hydrogen-bond donors (Lipinski definition) is 1. The van der Waals surface area contributed by atoms with E-state index in [2.05, 4.69) is 72.2 Å². The van der Waals surface area contributed by atoms with Crippen LogP contribution in [0.15, 0.2) is 24.4 Å². The third-order valence-corrected chi connectivity index (χ3v) is 4.12. The zero-order valence-electron chi connectivity index (χ0n) is 15.6. The van der Waals surface area contributed by atoms with Crippen molar-refractivity contribution >= 4 is 0 Å². The number of nitrogens with zero attached hydrogens (tertiary/aromatic N) is 4. The maximum Gasteiger partial charge on any atom is 0.0480 e. The molecule has 1 aromatic rings. The van der Waals surface area contributed by atoms with E-state index in [0.717, 1.165) is 51.4 Å². The molecule has 0 spiro atoms. The Morgan fingerprint density at radius 2 is 1.70 bits per heavy atom. The van der Waals surface area contributed by atoms with Crippen LogP contribution in [-0.2, 0) is 6.42 Å². The number of rotatable bonds is 12. The second kappa shape index (κ2) is 11.5. The topological polar surface area (TPSA) is 34.6 Å². The van der Waals surface area contributed by atoms with Crippen molar-refractivity contribution < 1.29 is 0 Å². The van der Waals surface area contributed by atoms with Gasteiger partial charge in [0.25, 0.3) is 0 Å². The van der Waals surface area contributed by atoms with Crippen LogP contribution in [0.4, 0.5) is 0 Å². The lowest BCUT2D eigenvalue weighted by Gasteiger charge is -2.25. The molecule has 0 aromatic carbocycles. The van der Waals surface area contributed by atoms with Crippen molar-refractivity contribution in [2.45, 2.75) is 25.8 Å². The number of aromatic nitrogens is 1. The van der Waals surface area contributed by atoms with Gasteiger partial charge in [0, 0.05) is 57.2 Å². The lowest BCUT2D eigenvalue weighted by atomic mass is 10.1. The molecule has 23 heavy (non-hydrogen) atoms. The van der Waals surface area contributed by atoms with Crippen LogP contribution in [0.5, 0.6) is 0 Å². The Bertz CT molecular complexity index is 396. The van der Waals surface area contributed by atoms with Crippen LogP contribution in [0.2, 0.25) is 0 Å². The lowest BCUT2D eigenvalue weighted by Crippen LogP contribution is -2.42. The van der Waals surface area contributed by atoms with Gasteiger partial charge in [0.05, 0.1) is 0 Å². The molecule has 0 bridgehead atoms. The highest BCUT2D eigenvalue weighted by Crippen LogP contribution is 2.02. The van der Waals surface area contributed by atoms with E-state index in [1.807, 2.05) is 12.3 Å². The molecule has 5 nitrogen and oxygen atoms in total. The smallest absolute Gasteiger partial charge is 0.0480 e. The quantitative estimate of drug-likeness (QED) is 0.588. The molecule has 1 N–H and O–H groups in total. The van der Waals surface area contributed by atoms with Crippen LogP contribution in [0, 0.1) is 0 Å². The first-order valence-corrected chi connectivity index (χ1v) is 8.66. The number of hydrogen-bond acceptors (Lipinski definition) is 5. The van der Waals surface area contributed by atoms with Crippen LogP contribution in [-0.4, -0.2) is 86.8 Å². The van der Waals surface area contributed by atoms with Gasteiger partial charge in [-0.25, -0.2) is 0 Å². The predicted molar refractivity (Wildman–Crippen MR) is 98.7 cm³/mol. The third-order valence-electron chi connectivity index (χ3n) is 4.12. The largest absolute Gasteiger partial charge is 0.308 e. The van der Waals surface area contributed by atoms with Gasteiger partial charge in [-0.05, 0) is 46.7 Å². The minimum atomic E-state index is 0.485.